The second-order valence-corrected chi connectivity index (χ2v) is 6.94. The second-order valence-electron chi connectivity index (χ2n) is 6.94. The molecule has 9 heteroatoms. The van der Waals surface area contributed by atoms with Gasteiger partial charge in [-0.05, 0) is 51.1 Å². The molecule has 9 nitrogen and oxygen atoms in total. The molecule has 0 unspecified atom stereocenters. The predicted molar refractivity (Wildman–Crippen MR) is 119 cm³/mol. The van der Waals surface area contributed by atoms with Gasteiger partial charge in [-0.15, -0.1) is 0 Å². The van der Waals surface area contributed by atoms with Gasteiger partial charge in [0.1, 0.15) is 0 Å². The lowest BCUT2D eigenvalue weighted by molar-refractivity contribution is -0.384. The monoisotopic (exact) mass is 434 g/mol. The maximum Gasteiger partial charge on any atom is 0.338 e. The van der Waals surface area contributed by atoms with Crippen LogP contribution in [0.2, 0.25) is 0 Å². The number of aromatic nitrogens is 1. The van der Waals surface area contributed by atoms with Gasteiger partial charge in [0.15, 0.2) is 0 Å². The number of hydrazone groups is 1. The number of carbonyl (C=O) groups excluding carboxylic acids is 2. The Hall–Kier alpha value is -4.27. The molecule has 32 heavy (non-hydrogen) atoms. The van der Waals surface area contributed by atoms with Crippen LogP contribution in [-0.2, 0) is 4.74 Å². The predicted octanol–water partition coefficient (Wildman–Crippen LogP) is 3.94. The molecule has 0 fully saturated rings. The lowest BCUT2D eigenvalue weighted by Crippen LogP contribution is -2.17. The number of aryl methyl sites for hydroxylation is 1. The molecule has 0 aliphatic heterocycles. The van der Waals surface area contributed by atoms with Gasteiger partial charge in [-0.25, -0.2) is 10.2 Å². The quantitative estimate of drug-likeness (QED) is 0.262. The van der Waals surface area contributed by atoms with Crippen LogP contribution in [0.5, 0.6) is 0 Å². The molecule has 0 radical (unpaired) electrons. The zero-order valence-corrected chi connectivity index (χ0v) is 17.9. The molecule has 2 aromatic carbocycles. The fourth-order valence-electron chi connectivity index (χ4n) is 3.29. The number of hydrogen-bond acceptors (Lipinski definition) is 6. The van der Waals surface area contributed by atoms with Gasteiger partial charge >= 0.3 is 5.97 Å². The van der Waals surface area contributed by atoms with Crippen molar-refractivity contribution >= 4 is 23.8 Å². The van der Waals surface area contributed by atoms with Crippen LogP contribution in [0, 0.1) is 24.0 Å². The zero-order valence-electron chi connectivity index (χ0n) is 17.9. The Bertz CT molecular complexity index is 1210. The van der Waals surface area contributed by atoms with E-state index in [0.29, 0.717) is 12.2 Å². The molecule has 1 amide bonds. The lowest BCUT2D eigenvalue weighted by atomic mass is 10.2. The smallest absolute Gasteiger partial charge is 0.338 e. The minimum atomic E-state index is -0.564. The summed E-state index contributed by atoms with van der Waals surface area (Å²) in [5, 5.41) is 14.9. The highest BCUT2D eigenvalue weighted by atomic mass is 16.6. The first-order chi connectivity index (χ1) is 15.3. The standard InChI is InChI=1S/C23H22N4O5/c1-4-32-23(29)18-8-6-9-20(13-18)26-15(2)11-19(16(26)3)14-24-25-22(28)17-7-5-10-21(12-17)27(30)31/h5-14H,4H2,1-3H3,(H,25,28)/b24-14-. The van der Waals surface area contributed by atoms with E-state index >= 15 is 0 Å². The Balaban J connectivity index is 1.79. The van der Waals surface area contributed by atoms with Crippen LogP contribution in [-0.4, -0.2) is 34.2 Å². The Morgan fingerprint density at radius 2 is 1.84 bits per heavy atom. The molecule has 1 aromatic heterocycles. The second kappa shape index (κ2) is 9.69. The number of amides is 1. The normalized spacial score (nSPS) is 10.8. The van der Waals surface area contributed by atoms with Crippen molar-refractivity contribution in [2.45, 2.75) is 20.8 Å². The van der Waals surface area contributed by atoms with E-state index in [1.54, 1.807) is 25.1 Å². The van der Waals surface area contributed by atoms with E-state index in [0.717, 1.165) is 22.6 Å². The van der Waals surface area contributed by atoms with Crippen LogP contribution in [0.4, 0.5) is 5.69 Å². The van der Waals surface area contributed by atoms with Crippen LogP contribution < -0.4 is 5.43 Å². The molecule has 1 N–H and O–H groups in total. The number of hydrogen-bond donors (Lipinski definition) is 1. The van der Waals surface area contributed by atoms with Crippen molar-refractivity contribution in [1.82, 2.24) is 9.99 Å². The van der Waals surface area contributed by atoms with Gasteiger partial charge in [0.05, 0.1) is 23.3 Å². The first-order valence-electron chi connectivity index (χ1n) is 9.86. The number of nitrogens with zero attached hydrogens (tertiary/aromatic N) is 3. The van der Waals surface area contributed by atoms with Crippen LogP contribution >= 0.6 is 0 Å². The highest BCUT2D eigenvalue weighted by Gasteiger charge is 2.13. The van der Waals surface area contributed by atoms with Crippen LogP contribution in [0.3, 0.4) is 0 Å². The Labute approximate surface area is 184 Å². The summed E-state index contributed by atoms with van der Waals surface area (Å²) in [6.07, 6.45) is 1.50. The number of ether oxygens (including phenoxy) is 1. The number of rotatable bonds is 7. The van der Waals surface area contributed by atoms with Gasteiger partial charge in [0.2, 0.25) is 0 Å². The van der Waals surface area contributed by atoms with Crippen molar-refractivity contribution in [2.75, 3.05) is 6.61 Å². The average molecular weight is 434 g/mol. The summed E-state index contributed by atoms with van der Waals surface area (Å²) in [4.78, 5) is 34.6. The maximum absolute atomic E-state index is 12.2. The molecule has 0 spiro atoms. The third-order valence-electron chi connectivity index (χ3n) is 4.77. The van der Waals surface area contributed by atoms with Crippen molar-refractivity contribution in [3.05, 3.63) is 92.8 Å². The van der Waals surface area contributed by atoms with E-state index in [1.807, 2.05) is 30.5 Å². The van der Waals surface area contributed by atoms with Crippen molar-refractivity contribution in [3.63, 3.8) is 0 Å². The summed E-state index contributed by atoms with van der Waals surface area (Å²) >= 11 is 0. The van der Waals surface area contributed by atoms with E-state index in [2.05, 4.69) is 10.5 Å². The van der Waals surface area contributed by atoms with E-state index < -0.39 is 10.8 Å². The largest absolute Gasteiger partial charge is 0.462 e. The minimum absolute atomic E-state index is 0.137. The zero-order chi connectivity index (χ0) is 23.3. The van der Waals surface area contributed by atoms with Crippen LogP contribution in [0.1, 0.15) is 44.6 Å². The topological polar surface area (TPSA) is 116 Å². The SMILES string of the molecule is CCOC(=O)c1cccc(-n2c(C)cc(/C=N\NC(=O)c3cccc([N+](=O)[O-])c3)c2C)c1. The summed E-state index contributed by atoms with van der Waals surface area (Å²) in [5.74, 6) is -0.941. The molecular weight excluding hydrogens is 412 g/mol. The molecule has 1 heterocycles. The van der Waals surface area contributed by atoms with Crippen LogP contribution in [0.15, 0.2) is 59.7 Å². The molecule has 3 aromatic rings. The van der Waals surface area contributed by atoms with Crippen molar-refractivity contribution < 1.29 is 19.2 Å². The molecule has 164 valence electrons. The van der Waals surface area contributed by atoms with Gasteiger partial charge in [0.25, 0.3) is 11.6 Å². The molecular formula is C23H22N4O5. The van der Waals surface area contributed by atoms with Gasteiger partial charge in [-0.3, -0.25) is 14.9 Å². The Morgan fingerprint density at radius 1 is 1.12 bits per heavy atom. The highest BCUT2D eigenvalue weighted by Crippen LogP contribution is 2.21. The third-order valence-corrected chi connectivity index (χ3v) is 4.77. The number of esters is 1. The number of benzene rings is 2. The van der Waals surface area contributed by atoms with Gasteiger partial charge < -0.3 is 9.30 Å². The number of nitro groups is 1. The fraction of sp³-hybridized carbons (Fsp3) is 0.174. The molecule has 3 rings (SSSR count). The number of carbonyl (C=O) groups is 2. The van der Waals surface area contributed by atoms with Crippen molar-refractivity contribution in [1.29, 1.82) is 0 Å². The highest BCUT2D eigenvalue weighted by molar-refractivity contribution is 5.95. The van der Waals surface area contributed by atoms with Gasteiger partial charge in [-0.2, -0.15) is 5.10 Å². The summed E-state index contributed by atoms with van der Waals surface area (Å²) < 4.78 is 7.03. The molecule has 0 bridgehead atoms. The molecule has 0 saturated heterocycles. The lowest BCUT2D eigenvalue weighted by Gasteiger charge is -2.11. The Kier molecular flexibility index (Phi) is 6.79. The summed E-state index contributed by atoms with van der Waals surface area (Å²) in [6.45, 7) is 5.87. The fourth-order valence-corrected chi connectivity index (χ4v) is 3.29. The summed E-state index contributed by atoms with van der Waals surface area (Å²) in [6, 6.07) is 14.4. The molecule has 0 atom stereocenters. The third kappa shape index (κ3) is 4.89. The van der Waals surface area contributed by atoms with Crippen LogP contribution in [0.25, 0.3) is 5.69 Å². The van der Waals surface area contributed by atoms with E-state index in [1.165, 1.54) is 30.5 Å². The number of nitro benzene ring substituents is 1. The van der Waals surface area contributed by atoms with E-state index in [9.17, 15) is 19.7 Å². The van der Waals surface area contributed by atoms with Crippen molar-refractivity contribution in [2.24, 2.45) is 5.10 Å². The summed E-state index contributed by atoms with van der Waals surface area (Å²) in [5.41, 5.74) is 6.14. The van der Waals surface area contributed by atoms with E-state index in [-0.39, 0.29) is 17.2 Å². The molecule has 0 aliphatic rings. The summed E-state index contributed by atoms with van der Waals surface area (Å²) in [7, 11) is 0. The van der Waals surface area contributed by atoms with Gasteiger partial charge in [0, 0.05) is 40.3 Å². The molecule has 0 aliphatic carbocycles. The average Bonchev–Trinajstić information content (AvgIpc) is 3.07. The van der Waals surface area contributed by atoms with E-state index in [4.69, 9.17) is 4.74 Å². The minimum Gasteiger partial charge on any atom is -0.462 e. The Morgan fingerprint density at radius 3 is 2.56 bits per heavy atom. The first kappa shape index (κ1) is 22.4. The number of non-ortho nitro benzene ring substituents is 1. The first-order valence-corrected chi connectivity index (χ1v) is 9.86. The molecule has 0 saturated carbocycles. The van der Waals surface area contributed by atoms with Crippen molar-refractivity contribution in [3.8, 4) is 5.69 Å². The van der Waals surface area contributed by atoms with Gasteiger partial charge in [-0.1, -0.05) is 12.1 Å². The maximum atomic E-state index is 12.2. The number of nitrogens with one attached hydrogen (secondary N) is 1.